The zero-order valence-corrected chi connectivity index (χ0v) is 15.5. The molecular weight excluding hydrogens is 335 g/mol. The van der Waals surface area contributed by atoms with E-state index in [1.54, 1.807) is 30.1 Å². The number of hydrogen-bond donors (Lipinski definition) is 2. The maximum atomic E-state index is 13.9. The summed E-state index contributed by atoms with van der Waals surface area (Å²) in [6.45, 7) is 4.09. The van der Waals surface area contributed by atoms with E-state index in [0.29, 0.717) is 6.42 Å². The lowest BCUT2D eigenvalue weighted by molar-refractivity contribution is -0.127. The topological polar surface area (TPSA) is 70.4 Å². The van der Waals surface area contributed by atoms with Crippen LogP contribution < -0.4 is 5.32 Å². The largest absolute Gasteiger partial charge is 0.387 e. The normalized spacial score (nSPS) is 21.5. The molecule has 0 saturated carbocycles. The molecule has 1 aromatic carbocycles. The number of rotatable bonds is 5. The van der Waals surface area contributed by atoms with E-state index >= 15 is 0 Å². The summed E-state index contributed by atoms with van der Waals surface area (Å²) in [5.41, 5.74) is 3.18. The summed E-state index contributed by atoms with van der Waals surface area (Å²) < 4.78 is 15.7. The van der Waals surface area contributed by atoms with Crippen LogP contribution in [0.3, 0.4) is 0 Å². The monoisotopic (exact) mass is 360 g/mol. The van der Waals surface area contributed by atoms with Crippen molar-refractivity contribution in [2.24, 2.45) is 7.05 Å². The van der Waals surface area contributed by atoms with Crippen molar-refractivity contribution in [2.75, 3.05) is 13.6 Å². The van der Waals surface area contributed by atoms with E-state index in [1.165, 1.54) is 6.07 Å². The molecule has 26 heavy (non-hydrogen) atoms. The molecule has 1 aromatic heterocycles. The highest BCUT2D eigenvalue weighted by Crippen LogP contribution is 2.35. The Hall–Kier alpha value is -2.25. The Morgan fingerprint density at radius 2 is 2.04 bits per heavy atom. The number of aryl methyl sites for hydroxylation is 2. The molecule has 0 bridgehead atoms. The molecule has 1 aliphatic heterocycles. The molecular formula is C19H25FN4O2. The van der Waals surface area contributed by atoms with Gasteiger partial charge in [-0.3, -0.25) is 9.48 Å². The van der Waals surface area contributed by atoms with Crippen molar-refractivity contribution in [1.82, 2.24) is 20.0 Å². The van der Waals surface area contributed by atoms with E-state index in [4.69, 9.17) is 0 Å². The van der Waals surface area contributed by atoms with Crippen LogP contribution in [-0.4, -0.2) is 45.3 Å². The van der Waals surface area contributed by atoms with Gasteiger partial charge < -0.3 is 15.3 Å². The van der Waals surface area contributed by atoms with Gasteiger partial charge in [0.15, 0.2) is 0 Å². The molecule has 2 N–H and O–H groups in total. The first-order valence-electron chi connectivity index (χ1n) is 8.73. The van der Waals surface area contributed by atoms with E-state index in [2.05, 4.69) is 10.4 Å². The summed E-state index contributed by atoms with van der Waals surface area (Å²) in [4.78, 5) is 14.0. The number of benzene rings is 1. The predicted octanol–water partition coefficient (Wildman–Crippen LogP) is 1.77. The van der Waals surface area contributed by atoms with Crippen molar-refractivity contribution in [1.29, 1.82) is 0 Å². The number of aliphatic hydroxyl groups is 1. The maximum absolute atomic E-state index is 13.9. The van der Waals surface area contributed by atoms with Crippen molar-refractivity contribution in [3.05, 3.63) is 52.6 Å². The fourth-order valence-corrected chi connectivity index (χ4v) is 3.78. The molecule has 1 amide bonds. The van der Waals surface area contributed by atoms with Gasteiger partial charge >= 0.3 is 0 Å². The van der Waals surface area contributed by atoms with Crippen LogP contribution in [0.2, 0.25) is 0 Å². The Labute approximate surface area is 152 Å². The highest BCUT2D eigenvalue weighted by atomic mass is 19.1. The third-order valence-electron chi connectivity index (χ3n) is 5.28. The van der Waals surface area contributed by atoms with Crippen molar-refractivity contribution < 1.29 is 14.3 Å². The molecule has 1 fully saturated rings. The number of carbonyl (C=O) groups is 1. The number of nitrogens with one attached hydrogen (secondary N) is 1. The second-order valence-corrected chi connectivity index (χ2v) is 6.91. The van der Waals surface area contributed by atoms with Gasteiger partial charge in [-0.05, 0) is 19.9 Å². The van der Waals surface area contributed by atoms with Crippen molar-refractivity contribution in [3.8, 4) is 0 Å². The van der Waals surface area contributed by atoms with Crippen molar-refractivity contribution in [2.45, 2.75) is 38.5 Å². The first kappa shape index (κ1) is 18.5. The lowest BCUT2D eigenvalue weighted by Gasteiger charge is -2.27. The van der Waals surface area contributed by atoms with Crippen LogP contribution in [-0.2, 0) is 11.8 Å². The van der Waals surface area contributed by atoms with Crippen LogP contribution >= 0.6 is 0 Å². The average molecular weight is 360 g/mol. The second-order valence-electron chi connectivity index (χ2n) is 6.91. The van der Waals surface area contributed by atoms with Crippen molar-refractivity contribution >= 4 is 5.91 Å². The number of halogens is 1. The number of likely N-dealkylation sites (N-methyl/N-ethyl adjacent to an activating group) is 1. The first-order valence-corrected chi connectivity index (χ1v) is 8.73. The molecule has 7 heteroatoms. The highest BCUT2D eigenvalue weighted by molar-refractivity contribution is 5.80. The van der Waals surface area contributed by atoms with Crippen LogP contribution in [0.5, 0.6) is 0 Å². The number of hydrogen-bond acceptors (Lipinski definition) is 4. The molecule has 140 valence electrons. The quantitative estimate of drug-likeness (QED) is 0.853. The number of carbonyl (C=O) groups excluding carboxylic acids is 1. The summed E-state index contributed by atoms with van der Waals surface area (Å²) in [5.74, 6) is -0.396. The van der Waals surface area contributed by atoms with Crippen LogP contribution in [0, 0.1) is 19.7 Å². The fraction of sp³-hybridized carbons (Fsp3) is 0.474. The van der Waals surface area contributed by atoms with Crippen LogP contribution in [0.25, 0.3) is 0 Å². The third-order valence-corrected chi connectivity index (χ3v) is 5.28. The van der Waals surface area contributed by atoms with E-state index < -0.39 is 11.9 Å². The lowest BCUT2D eigenvalue weighted by atomic mass is 9.97. The Morgan fingerprint density at radius 1 is 1.35 bits per heavy atom. The Bertz CT molecular complexity index is 820. The van der Waals surface area contributed by atoms with Crippen molar-refractivity contribution in [3.63, 3.8) is 0 Å². The minimum atomic E-state index is -0.978. The van der Waals surface area contributed by atoms with Gasteiger partial charge in [0.1, 0.15) is 5.82 Å². The zero-order chi connectivity index (χ0) is 19.0. The zero-order valence-electron chi connectivity index (χ0n) is 15.5. The van der Waals surface area contributed by atoms with E-state index in [9.17, 15) is 14.3 Å². The van der Waals surface area contributed by atoms with Gasteiger partial charge in [-0.2, -0.15) is 5.10 Å². The Kier molecular flexibility index (Phi) is 5.11. The number of aromatic nitrogens is 2. The summed E-state index contributed by atoms with van der Waals surface area (Å²) in [7, 11) is 3.67. The van der Waals surface area contributed by atoms with Gasteiger partial charge in [0.25, 0.3) is 0 Å². The predicted molar refractivity (Wildman–Crippen MR) is 96.0 cm³/mol. The van der Waals surface area contributed by atoms with Crippen LogP contribution in [0.1, 0.15) is 41.1 Å². The average Bonchev–Trinajstić information content (AvgIpc) is 3.01. The number of likely N-dealkylation sites (tertiary alicyclic amines) is 1. The van der Waals surface area contributed by atoms with E-state index in [-0.39, 0.29) is 30.1 Å². The minimum absolute atomic E-state index is 0.0375. The molecule has 3 rings (SSSR count). The van der Waals surface area contributed by atoms with Crippen LogP contribution in [0.15, 0.2) is 24.3 Å². The molecule has 1 unspecified atom stereocenters. The Morgan fingerprint density at radius 3 is 2.65 bits per heavy atom. The van der Waals surface area contributed by atoms with E-state index in [1.807, 2.05) is 25.6 Å². The molecule has 0 aliphatic carbocycles. The van der Waals surface area contributed by atoms with Gasteiger partial charge in [0, 0.05) is 49.9 Å². The molecule has 2 heterocycles. The SMILES string of the molecule is Cc1nn(C)c(C)c1[C@H]1[C@H](NCC(O)c2ccccc2F)CC(=O)N1C. The second kappa shape index (κ2) is 7.17. The first-order chi connectivity index (χ1) is 12.3. The number of amides is 1. The number of aliphatic hydroxyl groups excluding tert-OH is 1. The minimum Gasteiger partial charge on any atom is -0.387 e. The van der Waals surface area contributed by atoms with Gasteiger partial charge in [-0.1, -0.05) is 18.2 Å². The summed E-state index contributed by atoms with van der Waals surface area (Å²) >= 11 is 0. The highest BCUT2D eigenvalue weighted by Gasteiger charge is 2.41. The standard InChI is InChI=1S/C19H25FN4O2/c1-11-18(12(2)24(4)22-11)19-15(9-17(26)23(19)3)21-10-16(25)13-7-5-6-8-14(13)20/h5-8,15-16,19,21,25H,9-10H2,1-4H3/t15-,16?,19-/m1/s1. The summed E-state index contributed by atoms with van der Waals surface area (Å²) in [6.07, 6.45) is -0.646. The molecule has 1 aliphatic rings. The molecule has 3 atom stereocenters. The van der Waals surface area contributed by atoms with Gasteiger partial charge in [0.2, 0.25) is 5.91 Å². The maximum Gasteiger partial charge on any atom is 0.224 e. The van der Waals surface area contributed by atoms with Gasteiger partial charge in [0.05, 0.1) is 17.8 Å². The molecule has 2 aromatic rings. The summed E-state index contributed by atoms with van der Waals surface area (Å²) in [5, 5.41) is 18.1. The summed E-state index contributed by atoms with van der Waals surface area (Å²) in [6, 6.07) is 5.85. The third kappa shape index (κ3) is 3.24. The smallest absolute Gasteiger partial charge is 0.224 e. The fourth-order valence-electron chi connectivity index (χ4n) is 3.78. The van der Waals surface area contributed by atoms with Crippen LogP contribution in [0.4, 0.5) is 4.39 Å². The lowest BCUT2D eigenvalue weighted by Crippen LogP contribution is -2.38. The van der Waals surface area contributed by atoms with Gasteiger partial charge in [-0.25, -0.2) is 4.39 Å². The Balaban J connectivity index is 1.80. The number of nitrogens with zero attached hydrogens (tertiary/aromatic N) is 3. The van der Waals surface area contributed by atoms with Gasteiger partial charge in [-0.15, -0.1) is 0 Å². The molecule has 6 nitrogen and oxygen atoms in total. The molecule has 0 spiro atoms. The molecule has 0 radical (unpaired) electrons. The molecule has 1 saturated heterocycles. The van der Waals surface area contributed by atoms with E-state index in [0.717, 1.165) is 17.0 Å².